The first-order valence-corrected chi connectivity index (χ1v) is 6.55. The molecule has 102 valence electrons. The van der Waals surface area contributed by atoms with Crippen LogP contribution in [0.5, 0.6) is 5.75 Å². The Morgan fingerprint density at radius 3 is 2.63 bits per heavy atom. The van der Waals surface area contributed by atoms with E-state index in [4.69, 9.17) is 15.0 Å². The summed E-state index contributed by atoms with van der Waals surface area (Å²) in [6.07, 6.45) is 1.75. The van der Waals surface area contributed by atoms with E-state index in [1.165, 1.54) is 0 Å². The molecule has 0 aliphatic carbocycles. The van der Waals surface area contributed by atoms with Crippen molar-refractivity contribution < 1.29 is 9.26 Å². The number of hydrogen-bond acceptors (Lipinski definition) is 5. The maximum Gasteiger partial charge on any atom is 0.226 e. The van der Waals surface area contributed by atoms with E-state index < -0.39 is 0 Å². The van der Waals surface area contributed by atoms with Crippen molar-refractivity contribution in [2.24, 2.45) is 5.73 Å². The quantitative estimate of drug-likeness (QED) is 0.864. The lowest BCUT2D eigenvalue weighted by Crippen LogP contribution is -2.13. The van der Waals surface area contributed by atoms with E-state index in [1.807, 2.05) is 31.2 Å². The molecule has 0 spiro atoms. The highest BCUT2D eigenvalue weighted by atomic mass is 16.5. The second-order valence-corrected chi connectivity index (χ2v) is 4.28. The predicted molar refractivity (Wildman–Crippen MR) is 71.9 cm³/mol. The first kappa shape index (κ1) is 13.5. The van der Waals surface area contributed by atoms with Gasteiger partial charge in [-0.1, -0.05) is 24.2 Å². The van der Waals surface area contributed by atoms with Crippen LogP contribution in [0, 0.1) is 0 Å². The zero-order chi connectivity index (χ0) is 13.7. The maximum absolute atomic E-state index is 6.12. The number of rotatable bonds is 6. The van der Waals surface area contributed by atoms with Crippen molar-refractivity contribution in [2.75, 3.05) is 6.61 Å². The van der Waals surface area contributed by atoms with Gasteiger partial charge in [-0.25, -0.2) is 0 Å². The van der Waals surface area contributed by atoms with Crippen LogP contribution in [0.25, 0.3) is 0 Å². The van der Waals surface area contributed by atoms with Crippen molar-refractivity contribution in [2.45, 2.75) is 32.7 Å². The molecule has 0 radical (unpaired) electrons. The third kappa shape index (κ3) is 3.32. The number of aromatic nitrogens is 2. The number of nitrogens with zero attached hydrogens (tertiary/aromatic N) is 2. The van der Waals surface area contributed by atoms with Crippen LogP contribution in [0.15, 0.2) is 28.8 Å². The molecule has 0 aliphatic rings. The van der Waals surface area contributed by atoms with Crippen LogP contribution in [-0.4, -0.2) is 16.7 Å². The molecule has 19 heavy (non-hydrogen) atoms. The molecular weight excluding hydrogens is 242 g/mol. The van der Waals surface area contributed by atoms with Gasteiger partial charge < -0.3 is 15.0 Å². The Hall–Kier alpha value is -1.88. The highest BCUT2D eigenvalue weighted by molar-refractivity contribution is 5.31. The van der Waals surface area contributed by atoms with Gasteiger partial charge in [0, 0.05) is 6.42 Å². The minimum Gasteiger partial charge on any atom is -0.494 e. The highest BCUT2D eigenvalue weighted by Crippen LogP contribution is 2.20. The molecule has 0 fully saturated rings. The summed E-state index contributed by atoms with van der Waals surface area (Å²) in [6.45, 7) is 4.67. The summed E-state index contributed by atoms with van der Waals surface area (Å²) in [4.78, 5) is 4.30. The number of aryl methyl sites for hydroxylation is 1. The lowest BCUT2D eigenvalue weighted by molar-refractivity contribution is 0.340. The lowest BCUT2D eigenvalue weighted by atomic mass is 10.1. The summed E-state index contributed by atoms with van der Waals surface area (Å²) in [5.74, 6) is 1.99. The van der Waals surface area contributed by atoms with Crippen LogP contribution in [0.2, 0.25) is 0 Å². The van der Waals surface area contributed by atoms with Crippen molar-refractivity contribution in [1.82, 2.24) is 10.1 Å². The van der Waals surface area contributed by atoms with Gasteiger partial charge in [-0.15, -0.1) is 0 Å². The number of hydrogen-bond donors (Lipinski definition) is 1. The highest BCUT2D eigenvalue weighted by Gasteiger charge is 2.15. The fourth-order valence-electron chi connectivity index (χ4n) is 1.80. The minimum absolute atomic E-state index is 0.370. The molecule has 2 aromatic rings. The van der Waals surface area contributed by atoms with Gasteiger partial charge >= 0.3 is 0 Å². The Bertz CT molecular complexity index is 508. The molecule has 5 heteroatoms. The molecule has 2 N–H and O–H groups in total. The topological polar surface area (TPSA) is 74.2 Å². The molecule has 1 unspecified atom stereocenters. The van der Waals surface area contributed by atoms with Gasteiger partial charge in [0.2, 0.25) is 5.89 Å². The number of nitrogens with two attached hydrogens (primary N) is 1. The molecule has 0 bridgehead atoms. The monoisotopic (exact) mass is 261 g/mol. The molecule has 0 aliphatic heterocycles. The SMILES string of the molecule is CCCc1nc(C(N)c2ccc(OCC)cc2)no1. The van der Waals surface area contributed by atoms with Crippen molar-refractivity contribution in [1.29, 1.82) is 0 Å². The summed E-state index contributed by atoms with van der Waals surface area (Å²) in [5, 5.41) is 3.93. The summed E-state index contributed by atoms with van der Waals surface area (Å²) in [5.41, 5.74) is 7.06. The van der Waals surface area contributed by atoms with Gasteiger partial charge in [-0.3, -0.25) is 0 Å². The summed E-state index contributed by atoms with van der Waals surface area (Å²) in [6, 6.07) is 7.26. The molecule has 0 saturated heterocycles. The molecule has 0 amide bonds. The average Bonchev–Trinajstić information content (AvgIpc) is 2.88. The molecule has 1 atom stereocenters. The van der Waals surface area contributed by atoms with Crippen LogP contribution < -0.4 is 10.5 Å². The van der Waals surface area contributed by atoms with E-state index in [1.54, 1.807) is 0 Å². The molecule has 1 heterocycles. The second-order valence-electron chi connectivity index (χ2n) is 4.28. The first-order chi connectivity index (χ1) is 9.24. The molecule has 5 nitrogen and oxygen atoms in total. The Balaban J connectivity index is 2.11. The average molecular weight is 261 g/mol. The minimum atomic E-state index is -0.370. The fraction of sp³-hybridized carbons (Fsp3) is 0.429. The van der Waals surface area contributed by atoms with E-state index >= 15 is 0 Å². The van der Waals surface area contributed by atoms with Crippen LogP contribution in [0.1, 0.15) is 43.6 Å². The zero-order valence-corrected chi connectivity index (χ0v) is 11.3. The smallest absolute Gasteiger partial charge is 0.226 e. The maximum atomic E-state index is 6.12. The molecule has 1 aromatic heterocycles. The van der Waals surface area contributed by atoms with Crippen LogP contribution in [0.3, 0.4) is 0 Å². The summed E-state index contributed by atoms with van der Waals surface area (Å²) in [7, 11) is 0. The normalized spacial score (nSPS) is 12.4. The van der Waals surface area contributed by atoms with Gasteiger partial charge in [0.05, 0.1) is 12.6 Å². The van der Waals surface area contributed by atoms with Crippen molar-refractivity contribution in [3.8, 4) is 5.75 Å². The third-order valence-corrected chi connectivity index (χ3v) is 2.78. The van der Waals surface area contributed by atoms with Crippen LogP contribution in [-0.2, 0) is 6.42 Å². The van der Waals surface area contributed by atoms with Crippen LogP contribution in [0.4, 0.5) is 0 Å². The van der Waals surface area contributed by atoms with Gasteiger partial charge in [0.15, 0.2) is 5.82 Å². The lowest BCUT2D eigenvalue weighted by Gasteiger charge is -2.08. The van der Waals surface area contributed by atoms with Crippen molar-refractivity contribution in [3.05, 3.63) is 41.5 Å². The van der Waals surface area contributed by atoms with E-state index in [0.29, 0.717) is 18.3 Å². The fourth-order valence-corrected chi connectivity index (χ4v) is 1.80. The standard InChI is InChI=1S/C14H19N3O2/c1-3-5-12-16-14(17-19-12)13(15)10-6-8-11(9-7-10)18-4-2/h6-9,13H,3-5,15H2,1-2H3. The molecular formula is C14H19N3O2. The molecule has 1 aromatic carbocycles. The van der Waals surface area contributed by atoms with Crippen LogP contribution >= 0.6 is 0 Å². The Morgan fingerprint density at radius 2 is 2.00 bits per heavy atom. The summed E-state index contributed by atoms with van der Waals surface area (Å²) >= 11 is 0. The van der Waals surface area contributed by atoms with Gasteiger partial charge in [-0.05, 0) is 31.0 Å². The Kier molecular flexibility index (Phi) is 4.52. The number of ether oxygens (including phenoxy) is 1. The molecule has 2 rings (SSSR count). The second kappa shape index (κ2) is 6.33. The van der Waals surface area contributed by atoms with E-state index in [2.05, 4.69) is 17.1 Å². The molecule has 0 saturated carbocycles. The van der Waals surface area contributed by atoms with Gasteiger partial charge in [0.1, 0.15) is 5.75 Å². The van der Waals surface area contributed by atoms with Gasteiger partial charge in [-0.2, -0.15) is 4.98 Å². The number of benzene rings is 1. The summed E-state index contributed by atoms with van der Waals surface area (Å²) < 4.78 is 10.5. The predicted octanol–water partition coefficient (Wildman–Crippen LogP) is 2.47. The largest absolute Gasteiger partial charge is 0.494 e. The van der Waals surface area contributed by atoms with Crippen molar-refractivity contribution in [3.63, 3.8) is 0 Å². The van der Waals surface area contributed by atoms with E-state index in [0.717, 1.165) is 24.2 Å². The van der Waals surface area contributed by atoms with E-state index in [-0.39, 0.29) is 6.04 Å². The van der Waals surface area contributed by atoms with Gasteiger partial charge in [0.25, 0.3) is 0 Å². The van der Waals surface area contributed by atoms with E-state index in [9.17, 15) is 0 Å². The third-order valence-electron chi connectivity index (χ3n) is 2.78. The zero-order valence-electron chi connectivity index (χ0n) is 11.3. The first-order valence-electron chi connectivity index (χ1n) is 6.55. The Morgan fingerprint density at radius 1 is 1.26 bits per heavy atom. The Labute approximate surface area is 112 Å². The van der Waals surface area contributed by atoms with Crippen molar-refractivity contribution >= 4 is 0 Å².